The minimum atomic E-state index is -0.543. The second-order valence-electron chi connectivity index (χ2n) is 4.65. The molecule has 3 N–H and O–H groups in total. The van der Waals surface area contributed by atoms with Crippen molar-refractivity contribution in [2.45, 2.75) is 19.9 Å². The van der Waals surface area contributed by atoms with E-state index in [1.54, 1.807) is 12.3 Å². The molecule has 0 bridgehead atoms. The van der Waals surface area contributed by atoms with E-state index in [4.69, 9.17) is 10.5 Å². The number of nitrogens with zero attached hydrogens (tertiary/aromatic N) is 3. The molecule has 0 atom stereocenters. The molecule has 2 aromatic heterocycles. The van der Waals surface area contributed by atoms with Gasteiger partial charge in [0.25, 0.3) is 0 Å². The molecule has 0 saturated heterocycles. The molecule has 2 heterocycles. The number of hydrogen-bond acceptors (Lipinski definition) is 6. The fourth-order valence-electron chi connectivity index (χ4n) is 1.78. The van der Waals surface area contributed by atoms with Crippen molar-refractivity contribution in [2.24, 2.45) is 0 Å². The van der Waals surface area contributed by atoms with E-state index < -0.39 is 5.97 Å². The number of methoxy groups -OCH3 is 1. The smallest absolute Gasteiger partial charge is 0.345 e. The minimum Gasteiger partial charge on any atom is -0.465 e. The number of halogens is 1. The second-order valence-corrected chi connectivity index (χ2v) is 5.56. The lowest BCUT2D eigenvalue weighted by Crippen LogP contribution is -2.14. The van der Waals surface area contributed by atoms with Crippen LogP contribution in [-0.2, 0) is 4.74 Å². The number of rotatable bonds is 4. The van der Waals surface area contributed by atoms with Gasteiger partial charge >= 0.3 is 5.97 Å². The van der Waals surface area contributed by atoms with Crippen LogP contribution in [0.25, 0.3) is 5.82 Å². The summed E-state index contributed by atoms with van der Waals surface area (Å²) in [5.41, 5.74) is 6.24. The van der Waals surface area contributed by atoms with Crippen molar-refractivity contribution < 1.29 is 9.53 Å². The first-order chi connectivity index (χ1) is 9.93. The number of ether oxygens (including phenoxy) is 1. The Balaban J connectivity index is 2.55. The summed E-state index contributed by atoms with van der Waals surface area (Å²) >= 11 is 3.31. The van der Waals surface area contributed by atoms with Crippen molar-refractivity contribution in [1.29, 1.82) is 0 Å². The Labute approximate surface area is 130 Å². The average molecular weight is 354 g/mol. The molecule has 0 spiro atoms. The molecule has 0 aliphatic carbocycles. The Hall–Kier alpha value is -2.09. The maximum atomic E-state index is 11.9. The van der Waals surface area contributed by atoms with Crippen molar-refractivity contribution in [3.8, 4) is 5.82 Å². The minimum absolute atomic E-state index is 0.0917. The van der Waals surface area contributed by atoms with Crippen molar-refractivity contribution in [1.82, 2.24) is 14.8 Å². The number of carbonyl (C=O) groups is 1. The van der Waals surface area contributed by atoms with E-state index in [1.807, 2.05) is 19.9 Å². The van der Waals surface area contributed by atoms with Crippen LogP contribution >= 0.6 is 15.9 Å². The molecule has 7 nitrogen and oxygen atoms in total. The van der Waals surface area contributed by atoms with E-state index in [1.165, 1.54) is 11.8 Å². The molecule has 0 aliphatic rings. The van der Waals surface area contributed by atoms with Gasteiger partial charge in [0.2, 0.25) is 0 Å². The quantitative estimate of drug-likeness (QED) is 0.818. The summed E-state index contributed by atoms with van der Waals surface area (Å²) in [6.45, 7) is 3.88. The first-order valence-electron chi connectivity index (χ1n) is 6.29. The number of aromatic nitrogens is 3. The summed E-state index contributed by atoms with van der Waals surface area (Å²) in [6, 6.07) is 3.65. The Kier molecular flexibility index (Phi) is 4.46. The number of anilines is 2. The van der Waals surface area contributed by atoms with Gasteiger partial charge in [-0.1, -0.05) is 0 Å². The number of nitrogens with one attached hydrogen (secondary N) is 1. The van der Waals surface area contributed by atoms with Gasteiger partial charge in [-0.05, 0) is 41.9 Å². The largest absolute Gasteiger partial charge is 0.465 e. The predicted octanol–water partition coefficient (Wildman–Crippen LogP) is 2.22. The van der Waals surface area contributed by atoms with Gasteiger partial charge in [-0.2, -0.15) is 4.68 Å². The van der Waals surface area contributed by atoms with Gasteiger partial charge in [0.15, 0.2) is 11.6 Å². The molecule has 21 heavy (non-hydrogen) atoms. The fraction of sp³-hybridized carbons (Fsp3) is 0.308. The molecular weight excluding hydrogens is 338 g/mol. The van der Waals surface area contributed by atoms with E-state index in [0.29, 0.717) is 11.6 Å². The summed E-state index contributed by atoms with van der Waals surface area (Å²) in [5.74, 6) is 0.524. The maximum Gasteiger partial charge on any atom is 0.345 e. The average Bonchev–Trinajstić information content (AvgIpc) is 2.75. The monoisotopic (exact) mass is 353 g/mol. The Morgan fingerprint density at radius 1 is 1.48 bits per heavy atom. The first-order valence-corrected chi connectivity index (χ1v) is 7.08. The van der Waals surface area contributed by atoms with Gasteiger partial charge in [-0.3, -0.25) is 0 Å². The molecule has 2 aromatic rings. The van der Waals surface area contributed by atoms with E-state index >= 15 is 0 Å². The lowest BCUT2D eigenvalue weighted by Gasteiger charge is -2.07. The van der Waals surface area contributed by atoms with E-state index in [2.05, 4.69) is 31.3 Å². The van der Waals surface area contributed by atoms with Crippen molar-refractivity contribution >= 4 is 33.5 Å². The summed E-state index contributed by atoms with van der Waals surface area (Å²) in [5, 5.41) is 7.40. The highest BCUT2D eigenvalue weighted by Crippen LogP contribution is 2.26. The maximum absolute atomic E-state index is 11.9. The van der Waals surface area contributed by atoms with Crippen molar-refractivity contribution in [3.05, 3.63) is 28.4 Å². The van der Waals surface area contributed by atoms with E-state index in [9.17, 15) is 4.79 Å². The standard InChI is InChI=1S/C13H16BrN5O2/c1-7(2)17-12-10(13(20)21-3)11(15)19(18-12)9-5-4-8(14)6-16-9/h4-7H,15H2,1-3H3,(H,17,18). The lowest BCUT2D eigenvalue weighted by molar-refractivity contribution is 0.0603. The van der Waals surface area contributed by atoms with Crippen LogP contribution in [0.4, 0.5) is 11.6 Å². The molecule has 2 rings (SSSR count). The molecule has 0 fully saturated rings. The normalized spacial score (nSPS) is 10.7. The first kappa shape index (κ1) is 15.3. The highest BCUT2D eigenvalue weighted by molar-refractivity contribution is 9.10. The number of esters is 1. The zero-order valence-corrected chi connectivity index (χ0v) is 13.5. The highest BCUT2D eigenvalue weighted by Gasteiger charge is 2.24. The highest BCUT2D eigenvalue weighted by atomic mass is 79.9. The van der Waals surface area contributed by atoms with Gasteiger partial charge in [0.05, 0.1) is 7.11 Å². The van der Waals surface area contributed by atoms with Gasteiger partial charge in [0.1, 0.15) is 11.4 Å². The number of carbonyl (C=O) groups excluding carboxylic acids is 1. The van der Waals surface area contributed by atoms with Crippen LogP contribution in [0.15, 0.2) is 22.8 Å². The summed E-state index contributed by atoms with van der Waals surface area (Å²) < 4.78 is 7.01. The van der Waals surface area contributed by atoms with Gasteiger partial charge in [-0.15, -0.1) is 5.10 Å². The zero-order chi connectivity index (χ0) is 15.6. The van der Waals surface area contributed by atoms with Crippen LogP contribution < -0.4 is 11.1 Å². The third-order valence-electron chi connectivity index (χ3n) is 2.66. The van der Waals surface area contributed by atoms with Crippen LogP contribution in [0.2, 0.25) is 0 Å². The van der Waals surface area contributed by atoms with Crippen LogP contribution in [0.1, 0.15) is 24.2 Å². The van der Waals surface area contributed by atoms with Crippen molar-refractivity contribution in [3.63, 3.8) is 0 Å². The number of nitrogen functional groups attached to an aromatic ring is 1. The fourth-order valence-corrected chi connectivity index (χ4v) is 2.01. The second kappa shape index (κ2) is 6.13. The van der Waals surface area contributed by atoms with Gasteiger partial charge in [0, 0.05) is 16.7 Å². The molecular formula is C13H16BrN5O2. The number of hydrogen-bond donors (Lipinski definition) is 2. The third-order valence-corrected chi connectivity index (χ3v) is 3.13. The molecule has 0 aliphatic heterocycles. The summed E-state index contributed by atoms with van der Waals surface area (Å²) in [4.78, 5) is 16.1. The molecule has 0 unspecified atom stereocenters. The molecule has 0 saturated carbocycles. The van der Waals surface area contributed by atoms with Crippen LogP contribution in [0, 0.1) is 0 Å². The Morgan fingerprint density at radius 3 is 2.71 bits per heavy atom. The molecule has 0 aromatic carbocycles. The number of pyridine rings is 1. The Bertz CT molecular complexity index is 651. The molecule has 8 heteroatoms. The third kappa shape index (κ3) is 3.15. The van der Waals surface area contributed by atoms with Crippen LogP contribution in [-0.4, -0.2) is 33.9 Å². The Morgan fingerprint density at radius 2 is 2.19 bits per heavy atom. The van der Waals surface area contributed by atoms with Gasteiger partial charge < -0.3 is 15.8 Å². The predicted molar refractivity (Wildman–Crippen MR) is 83.6 cm³/mol. The SMILES string of the molecule is COC(=O)c1c(NC(C)C)nn(-c2ccc(Br)cn2)c1N. The van der Waals surface area contributed by atoms with Crippen LogP contribution in [0.3, 0.4) is 0 Å². The zero-order valence-electron chi connectivity index (χ0n) is 11.9. The van der Waals surface area contributed by atoms with Crippen molar-refractivity contribution in [2.75, 3.05) is 18.2 Å². The molecule has 0 amide bonds. The summed E-state index contributed by atoms with van der Waals surface area (Å²) in [7, 11) is 1.30. The number of nitrogens with two attached hydrogens (primary N) is 1. The van der Waals surface area contributed by atoms with Crippen LogP contribution in [0.5, 0.6) is 0 Å². The van der Waals surface area contributed by atoms with Gasteiger partial charge in [-0.25, -0.2) is 9.78 Å². The van der Waals surface area contributed by atoms with E-state index in [-0.39, 0.29) is 17.4 Å². The lowest BCUT2D eigenvalue weighted by atomic mass is 10.2. The summed E-state index contributed by atoms with van der Waals surface area (Å²) in [6.07, 6.45) is 1.63. The molecule has 0 radical (unpaired) electrons. The topological polar surface area (TPSA) is 95.1 Å². The molecule has 112 valence electrons. The van der Waals surface area contributed by atoms with E-state index in [0.717, 1.165) is 4.47 Å².